The quantitative estimate of drug-likeness (QED) is 0.384. The van der Waals surface area contributed by atoms with Crippen LogP contribution in [0.2, 0.25) is 0 Å². The van der Waals surface area contributed by atoms with Gasteiger partial charge in [-0.2, -0.15) is 0 Å². The number of hydrogen-bond acceptors (Lipinski definition) is 7. The summed E-state index contributed by atoms with van der Waals surface area (Å²) in [5.74, 6) is 0.346. The summed E-state index contributed by atoms with van der Waals surface area (Å²) in [5, 5.41) is 34.2. The number of benzene rings is 2. The number of fused-ring (bicyclic) bond motifs is 1. The first kappa shape index (κ1) is 27.1. The lowest BCUT2D eigenvalue weighted by molar-refractivity contribution is -0.144. The maximum absolute atomic E-state index is 13.8. The van der Waals surface area contributed by atoms with Crippen molar-refractivity contribution in [2.24, 2.45) is 5.41 Å². The van der Waals surface area contributed by atoms with E-state index in [0.717, 1.165) is 29.3 Å². The average molecular weight is 536 g/mol. The van der Waals surface area contributed by atoms with Crippen molar-refractivity contribution in [3.8, 4) is 5.75 Å². The molecule has 0 spiro atoms. The Morgan fingerprint density at radius 2 is 1.90 bits per heavy atom. The van der Waals surface area contributed by atoms with Crippen LogP contribution in [0.4, 0.5) is 0 Å². The Bertz CT molecular complexity index is 1330. The summed E-state index contributed by atoms with van der Waals surface area (Å²) in [4.78, 5) is 28.4. The van der Waals surface area contributed by atoms with Crippen molar-refractivity contribution in [1.82, 2.24) is 25.2 Å². The fourth-order valence-electron chi connectivity index (χ4n) is 5.23. The van der Waals surface area contributed by atoms with Crippen molar-refractivity contribution in [3.05, 3.63) is 54.4 Å². The second-order valence-corrected chi connectivity index (χ2v) is 11.7. The molecule has 3 unspecified atom stereocenters. The first-order valence-electron chi connectivity index (χ1n) is 13.6. The first-order chi connectivity index (χ1) is 18.6. The van der Waals surface area contributed by atoms with E-state index in [1.807, 2.05) is 69.4 Å². The highest BCUT2D eigenvalue weighted by Crippen LogP contribution is 2.40. The zero-order valence-electron chi connectivity index (χ0n) is 22.7. The van der Waals surface area contributed by atoms with Gasteiger partial charge < -0.3 is 25.2 Å². The molecule has 39 heavy (non-hydrogen) atoms. The molecule has 10 heteroatoms. The minimum atomic E-state index is -0.957. The molecule has 0 radical (unpaired) electrons. The van der Waals surface area contributed by atoms with E-state index in [2.05, 4.69) is 15.6 Å². The first-order valence-corrected chi connectivity index (χ1v) is 13.6. The summed E-state index contributed by atoms with van der Waals surface area (Å²) in [6, 6.07) is 12.0. The van der Waals surface area contributed by atoms with E-state index in [-0.39, 0.29) is 32.0 Å². The molecule has 0 bridgehead atoms. The summed E-state index contributed by atoms with van der Waals surface area (Å²) in [5.41, 5.74) is 0.377. The minimum Gasteiger partial charge on any atom is -0.490 e. The topological polar surface area (TPSA) is 130 Å². The number of β-amino-alcohol motifs (C(OH)–C–C–N with tert-alkyl or cyclic N) is 1. The molecule has 2 fully saturated rings. The highest BCUT2D eigenvalue weighted by atomic mass is 16.5. The highest BCUT2D eigenvalue weighted by Gasteiger charge is 2.45. The molecular formula is C29H37N5O5. The Balaban J connectivity index is 1.21. The minimum absolute atomic E-state index is 0.00799. The number of aromatic nitrogens is 3. The Morgan fingerprint density at radius 1 is 1.15 bits per heavy atom. The molecule has 2 aromatic carbocycles. The number of carbonyl (C=O) groups is 2. The van der Waals surface area contributed by atoms with Crippen LogP contribution in [0.5, 0.6) is 5.75 Å². The molecule has 10 nitrogen and oxygen atoms in total. The molecule has 5 rings (SSSR count). The number of aliphatic hydroxyl groups is 2. The molecule has 1 aromatic heterocycles. The number of rotatable bonds is 9. The van der Waals surface area contributed by atoms with Crippen molar-refractivity contribution in [2.45, 2.75) is 70.2 Å². The zero-order valence-corrected chi connectivity index (χ0v) is 22.7. The third-order valence-corrected chi connectivity index (χ3v) is 7.40. The molecule has 1 saturated carbocycles. The van der Waals surface area contributed by atoms with Gasteiger partial charge >= 0.3 is 0 Å². The number of ether oxygens (including phenoxy) is 1. The molecule has 2 aliphatic rings. The van der Waals surface area contributed by atoms with E-state index < -0.39 is 35.6 Å². The third-order valence-electron chi connectivity index (χ3n) is 7.40. The van der Waals surface area contributed by atoms with Gasteiger partial charge in [0.25, 0.3) is 0 Å². The number of carbonyl (C=O) groups excluding carboxylic acids is 2. The molecule has 1 aliphatic heterocycles. The van der Waals surface area contributed by atoms with E-state index in [0.29, 0.717) is 11.7 Å². The summed E-state index contributed by atoms with van der Waals surface area (Å²) < 4.78 is 7.44. The molecule has 1 saturated heterocycles. The van der Waals surface area contributed by atoms with Crippen LogP contribution in [-0.2, 0) is 9.59 Å². The Hall–Kier alpha value is -3.50. The highest BCUT2D eigenvalue weighted by molar-refractivity contribution is 5.90. The SMILES string of the molecule is CC(C)(C)[C@@H](C(=O)N1CC(O)CC1C(=O)NCC(O)COc1cccc2ccccc12)n1cc(C2CC2)nn1. The summed E-state index contributed by atoms with van der Waals surface area (Å²) >= 11 is 0. The Kier molecular flexibility index (Phi) is 7.59. The maximum Gasteiger partial charge on any atom is 0.248 e. The monoisotopic (exact) mass is 535 g/mol. The number of amides is 2. The molecular weight excluding hydrogens is 498 g/mol. The summed E-state index contributed by atoms with van der Waals surface area (Å²) in [6.07, 6.45) is 2.34. The number of likely N-dealkylation sites (tertiary alicyclic amines) is 1. The van der Waals surface area contributed by atoms with Crippen LogP contribution in [0.1, 0.15) is 57.7 Å². The Morgan fingerprint density at radius 3 is 2.64 bits per heavy atom. The second kappa shape index (κ2) is 10.9. The second-order valence-electron chi connectivity index (χ2n) is 11.7. The third kappa shape index (κ3) is 6.07. The van der Waals surface area contributed by atoms with E-state index in [9.17, 15) is 19.8 Å². The van der Waals surface area contributed by atoms with Gasteiger partial charge in [-0.1, -0.05) is 62.4 Å². The fraction of sp³-hybridized carbons (Fsp3) is 0.517. The van der Waals surface area contributed by atoms with Crippen LogP contribution < -0.4 is 10.1 Å². The number of nitrogens with zero attached hydrogens (tertiary/aromatic N) is 4. The molecule has 208 valence electrons. The van der Waals surface area contributed by atoms with Crippen LogP contribution in [0.3, 0.4) is 0 Å². The summed E-state index contributed by atoms with van der Waals surface area (Å²) in [7, 11) is 0. The fourth-order valence-corrected chi connectivity index (χ4v) is 5.23. The van der Waals surface area contributed by atoms with E-state index >= 15 is 0 Å². The normalized spacial score (nSPS) is 21.1. The molecule has 4 atom stereocenters. The largest absolute Gasteiger partial charge is 0.490 e. The van der Waals surface area contributed by atoms with E-state index in [1.165, 1.54) is 4.90 Å². The molecule has 2 heterocycles. The predicted molar refractivity (Wildman–Crippen MR) is 145 cm³/mol. The van der Waals surface area contributed by atoms with Crippen molar-refractivity contribution in [2.75, 3.05) is 19.7 Å². The lowest BCUT2D eigenvalue weighted by Gasteiger charge is -2.34. The number of aliphatic hydroxyl groups excluding tert-OH is 2. The predicted octanol–water partition coefficient (Wildman–Crippen LogP) is 2.41. The van der Waals surface area contributed by atoms with Gasteiger partial charge in [0.15, 0.2) is 0 Å². The standard InChI is InChI=1S/C29H37N5O5/c1-29(2,3)26(34-16-23(31-32-34)19-11-12-19)28(38)33-15-20(35)13-24(33)27(37)30-14-21(36)17-39-25-10-6-8-18-7-4-5-9-22(18)25/h4-10,16,19-21,24,26,35-36H,11-15,17H2,1-3H3,(H,30,37)/t20?,21?,24?,26-/m1/s1. The van der Waals surface area contributed by atoms with Crippen molar-refractivity contribution < 1.29 is 24.5 Å². The van der Waals surface area contributed by atoms with Crippen LogP contribution in [0, 0.1) is 5.41 Å². The Labute approximate surface area is 227 Å². The smallest absolute Gasteiger partial charge is 0.248 e. The van der Waals surface area contributed by atoms with Crippen LogP contribution in [0.25, 0.3) is 10.8 Å². The van der Waals surface area contributed by atoms with Crippen LogP contribution in [0.15, 0.2) is 48.7 Å². The van der Waals surface area contributed by atoms with Gasteiger partial charge in [-0.3, -0.25) is 9.59 Å². The molecule has 3 N–H and O–H groups in total. The van der Waals surface area contributed by atoms with Gasteiger partial charge in [-0.15, -0.1) is 5.10 Å². The van der Waals surface area contributed by atoms with Gasteiger partial charge in [0.2, 0.25) is 11.8 Å². The van der Waals surface area contributed by atoms with Crippen molar-refractivity contribution in [3.63, 3.8) is 0 Å². The number of hydrogen-bond donors (Lipinski definition) is 3. The zero-order chi connectivity index (χ0) is 27.7. The molecule has 3 aromatic rings. The van der Waals surface area contributed by atoms with Gasteiger partial charge in [0.1, 0.15) is 30.5 Å². The lowest BCUT2D eigenvalue weighted by Crippen LogP contribution is -2.51. The van der Waals surface area contributed by atoms with Gasteiger partial charge in [-0.05, 0) is 29.7 Å². The number of nitrogens with one attached hydrogen (secondary N) is 1. The summed E-state index contributed by atoms with van der Waals surface area (Å²) in [6.45, 7) is 5.84. The van der Waals surface area contributed by atoms with Gasteiger partial charge in [0, 0.05) is 37.0 Å². The lowest BCUT2D eigenvalue weighted by atomic mass is 9.85. The van der Waals surface area contributed by atoms with Crippen molar-refractivity contribution >= 4 is 22.6 Å². The average Bonchev–Trinajstić information content (AvgIpc) is 3.51. The van der Waals surface area contributed by atoms with E-state index in [1.54, 1.807) is 4.68 Å². The van der Waals surface area contributed by atoms with Crippen molar-refractivity contribution in [1.29, 1.82) is 0 Å². The molecule has 1 aliphatic carbocycles. The maximum atomic E-state index is 13.8. The molecule has 2 amide bonds. The van der Waals surface area contributed by atoms with Crippen LogP contribution >= 0.6 is 0 Å². The van der Waals surface area contributed by atoms with Gasteiger partial charge in [-0.25, -0.2) is 4.68 Å². The van der Waals surface area contributed by atoms with Crippen LogP contribution in [-0.4, -0.2) is 79.9 Å². The van der Waals surface area contributed by atoms with Gasteiger partial charge in [0.05, 0.1) is 11.8 Å². The van der Waals surface area contributed by atoms with E-state index in [4.69, 9.17) is 4.74 Å².